The maximum atomic E-state index is 12.2. The second kappa shape index (κ2) is 8.52. The Morgan fingerprint density at radius 2 is 2.00 bits per heavy atom. The van der Waals surface area contributed by atoms with Crippen molar-refractivity contribution in [2.24, 2.45) is 0 Å². The quantitative estimate of drug-likeness (QED) is 0.584. The number of esters is 1. The van der Waals surface area contributed by atoms with E-state index in [-0.39, 0.29) is 30.0 Å². The first kappa shape index (κ1) is 18.0. The van der Waals surface area contributed by atoms with Crippen LogP contribution in [0.15, 0.2) is 22.8 Å². The van der Waals surface area contributed by atoms with Gasteiger partial charge in [0.05, 0.1) is 13.4 Å². The Balaban J connectivity index is 1.75. The maximum absolute atomic E-state index is 12.2. The van der Waals surface area contributed by atoms with Gasteiger partial charge in [0.25, 0.3) is 5.91 Å². The van der Waals surface area contributed by atoms with Crippen LogP contribution in [0.4, 0.5) is 0 Å². The zero-order valence-corrected chi connectivity index (χ0v) is 13.9. The smallest absolute Gasteiger partial charge is 0.331 e. The highest BCUT2D eigenvalue weighted by Crippen LogP contribution is 2.29. The Bertz CT molecular complexity index is 562. The summed E-state index contributed by atoms with van der Waals surface area (Å²) < 4.78 is 9.85. The highest BCUT2D eigenvalue weighted by atomic mass is 16.5. The minimum Gasteiger partial charge on any atom is -0.467 e. The molecule has 0 unspecified atom stereocenters. The van der Waals surface area contributed by atoms with Gasteiger partial charge in [-0.05, 0) is 31.4 Å². The molecule has 24 heavy (non-hydrogen) atoms. The van der Waals surface area contributed by atoms with Crippen LogP contribution in [0.2, 0.25) is 0 Å². The number of methoxy groups -OCH3 is 1. The molecule has 7 nitrogen and oxygen atoms in total. The van der Waals surface area contributed by atoms with Crippen LogP contribution >= 0.6 is 0 Å². The molecule has 2 N–H and O–H groups in total. The Morgan fingerprint density at radius 3 is 2.62 bits per heavy atom. The van der Waals surface area contributed by atoms with E-state index in [1.54, 1.807) is 12.1 Å². The average Bonchev–Trinajstić information content (AvgIpc) is 3.13. The Kier molecular flexibility index (Phi) is 6.40. The van der Waals surface area contributed by atoms with Gasteiger partial charge in [-0.15, -0.1) is 0 Å². The molecule has 0 radical (unpaired) electrons. The third-order valence-electron chi connectivity index (χ3n) is 4.27. The molecule has 1 aliphatic carbocycles. The highest BCUT2D eigenvalue weighted by molar-refractivity contribution is 5.91. The van der Waals surface area contributed by atoms with Crippen molar-refractivity contribution < 1.29 is 23.5 Å². The number of rotatable bonds is 7. The first-order valence-corrected chi connectivity index (χ1v) is 8.28. The molecule has 2 amide bonds. The molecule has 7 heteroatoms. The van der Waals surface area contributed by atoms with Gasteiger partial charge in [-0.2, -0.15) is 0 Å². The molecule has 1 heterocycles. The standard InChI is InChI=1S/C17H24N2O5/c1-23-16(22)17(9-3-2-4-10-17)19-14(20)8-5-11-18-15(21)13-7-6-12-24-13/h6-7,12H,2-5,8-11H2,1H3,(H,18,21)(H,19,20). The van der Waals surface area contributed by atoms with Gasteiger partial charge in [0.1, 0.15) is 5.54 Å². The summed E-state index contributed by atoms with van der Waals surface area (Å²) in [6.45, 7) is 0.359. The maximum Gasteiger partial charge on any atom is 0.331 e. The predicted octanol–water partition coefficient (Wildman–Crippen LogP) is 1.78. The summed E-state index contributed by atoms with van der Waals surface area (Å²) in [4.78, 5) is 35.9. The number of hydrogen-bond acceptors (Lipinski definition) is 5. The summed E-state index contributed by atoms with van der Waals surface area (Å²) in [6.07, 6.45) is 6.23. The summed E-state index contributed by atoms with van der Waals surface area (Å²) in [5, 5.41) is 5.54. The molecule has 2 rings (SSSR count). The molecule has 0 spiro atoms. The van der Waals surface area contributed by atoms with Crippen molar-refractivity contribution in [3.63, 3.8) is 0 Å². The topological polar surface area (TPSA) is 97.6 Å². The van der Waals surface area contributed by atoms with Crippen LogP contribution in [-0.2, 0) is 14.3 Å². The van der Waals surface area contributed by atoms with Crippen molar-refractivity contribution >= 4 is 17.8 Å². The summed E-state index contributed by atoms with van der Waals surface area (Å²) in [5.41, 5.74) is -0.887. The van der Waals surface area contributed by atoms with Crippen LogP contribution in [-0.4, -0.2) is 37.0 Å². The van der Waals surface area contributed by atoms with Crippen molar-refractivity contribution in [2.75, 3.05) is 13.7 Å². The van der Waals surface area contributed by atoms with Crippen LogP contribution in [0.5, 0.6) is 0 Å². The lowest BCUT2D eigenvalue weighted by molar-refractivity contribution is -0.152. The molecule has 1 aromatic heterocycles. The first-order chi connectivity index (χ1) is 11.6. The fourth-order valence-corrected chi connectivity index (χ4v) is 3.01. The van der Waals surface area contributed by atoms with E-state index in [2.05, 4.69) is 10.6 Å². The minimum absolute atomic E-state index is 0.199. The summed E-state index contributed by atoms with van der Waals surface area (Å²) in [7, 11) is 1.34. The molecule has 132 valence electrons. The number of carbonyl (C=O) groups excluding carboxylic acids is 3. The molecule has 1 aliphatic rings. The Labute approximate surface area is 141 Å². The predicted molar refractivity (Wildman–Crippen MR) is 86.2 cm³/mol. The molecule has 0 saturated heterocycles. The van der Waals surface area contributed by atoms with Crippen LogP contribution < -0.4 is 10.6 Å². The number of carbonyl (C=O) groups is 3. The van der Waals surface area contributed by atoms with E-state index in [4.69, 9.17) is 9.15 Å². The minimum atomic E-state index is -0.887. The lowest BCUT2D eigenvalue weighted by atomic mass is 9.81. The van der Waals surface area contributed by atoms with Gasteiger partial charge in [-0.1, -0.05) is 19.3 Å². The zero-order valence-electron chi connectivity index (χ0n) is 13.9. The normalized spacial score (nSPS) is 16.2. The van der Waals surface area contributed by atoms with Crippen molar-refractivity contribution in [1.82, 2.24) is 10.6 Å². The molecule has 1 fully saturated rings. The van der Waals surface area contributed by atoms with E-state index in [1.807, 2.05) is 0 Å². The van der Waals surface area contributed by atoms with Crippen LogP contribution in [0.3, 0.4) is 0 Å². The molecule has 1 aromatic rings. The molecule has 0 atom stereocenters. The fourth-order valence-electron chi connectivity index (χ4n) is 3.01. The van der Waals surface area contributed by atoms with Crippen LogP contribution in [0.25, 0.3) is 0 Å². The number of nitrogens with one attached hydrogen (secondary N) is 2. The Hall–Kier alpha value is -2.31. The van der Waals surface area contributed by atoms with E-state index < -0.39 is 5.54 Å². The highest BCUT2D eigenvalue weighted by Gasteiger charge is 2.41. The van der Waals surface area contributed by atoms with Crippen molar-refractivity contribution in [2.45, 2.75) is 50.5 Å². The Morgan fingerprint density at radius 1 is 1.25 bits per heavy atom. The SMILES string of the molecule is COC(=O)C1(NC(=O)CCCNC(=O)c2ccco2)CCCCC1. The van der Waals surface area contributed by atoms with Gasteiger partial charge in [0, 0.05) is 13.0 Å². The lowest BCUT2D eigenvalue weighted by Gasteiger charge is -2.35. The van der Waals surface area contributed by atoms with Crippen LogP contribution in [0.1, 0.15) is 55.5 Å². The zero-order chi connectivity index (χ0) is 17.4. The summed E-state index contributed by atoms with van der Waals surface area (Å²) in [6, 6.07) is 3.21. The molecule has 0 bridgehead atoms. The van der Waals surface area contributed by atoms with E-state index in [9.17, 15) is 14.4 Å². The number of hydrogen-bond donors (Lipinski definition) is 2. The van der Waals surface area contributed by atoms with Crippen molar-refractivity contribution in [3.05, 3.63) is 24.2 Å². The van der Waals surface area contributed by atoms with E-state index >= 15 is 0 Å². The lowest BCUT2D eigenvalue weighted by Crippen LogP contribution is -2.56. The molecular weight excluding hydrogens is 312 g/mol. The third kappa shape index (κ3) is 4.59. The number of amides is 2. The van der Waals surface area contributed by atoms with Gasteiger partial charge in [0.15, 0.2) is 5.76 Å². The monoisotopic (exact) mass is 336 g/mol. The van der Waals surface area contributed by atoms with Crippen LogP contribution in [0, 0.1) is 0 Å². The third-order valence-corrected chi connectivity index (χ3v) is 4.27. The first-order valence-electron chi connectivity index (χ1n) is 8.28. The van der Waals surface area contributed by atoms with Gasteiger partial charge in [-0.25, -0.2) is 4.79 Å². The second-order valence-electron chi connectivity index (χ2n) is 6.02. The van der Waals surface area contributed by atoms with Crippen molar-refractivity contribution in [1.29, 1.82) is 0 Å². The molecule has 0 aromatic carbocycles. The largest absolute Gasteiger partial charge is 0.467 e. The summed E-state index contributed by atoms with van der Waals surface area (Å²) >= 11 is 0. The summed E-state index contributed by atoms with van der Waals surface area (Å²) in [5.74, 6) is -0.638. The molecule has 1 saturated carbocycles. The van der Waals surface area contributed by atoms with Crippen molar-refractivity contribution in [3.8, 4) is 0 Å². The van der Waals surface area contributed by atoms with Gasteiger partial charge < -0.3 is 19.8 Å². The van der Waals surface area contributed by atoms with E-state index in [0.717, 1.165) is 19.3 Å². The molecule has 0 aliphatic heterocycles. The second-order valence-corrected chi connectivity index (χ2v) is 6.02. The number of ether oxygens (including phenoxy) is 1. The fraction of sp³-hybridized carbons (Fsp3) is 0.588. The van der Waals surface area contributed by atoms with E-state index in [1.165, 1.54) is 13.4 Å². The number of furan rings is 1. The van der Waals surface area contributed by atoms with E-state index in [0.29, 0.717) is 25.8 Å². The average molecular weight is 336 g/mol. The molecular formula is C17H24N2O5. The van der Waals surface area contributed by atoms with Gasteiger partial charge in [0.2, 0.25) is 5.91 Å². The van der Waals surface area contributed by atoms with Gasteiger partial charge >= 0.3 is 5.97 Å². The van der Waals surface area contributed by atoms with Gasteiger partial charge in [-0.3, -0.25) is 9.59 Å².